The van der Waals surface area contributed by atoms with Crippen molar-refractivity contribution in [3.63, 3.8) is 0 Å². The highest BCUT2D eigenvalue weighted by Crippen LogP contribution is 2.21. The second kappa shape index (κ2) is 10.3. The van der Waals surface area contributed by atoms with E-state index in [4.69, 9.17) is 17.0 Å². The largest absolute Gasteiger partial charge is 0.462 e. The predicted molar refractivity (Wildman–Crippen MR) is 122 cm³/mol. The number of nitrogens with one attached hydrogen (secondary N) is 1. The van der Waals surface area contributed by atoms with Crippen molar-refractivity contribution in [2.75, 3.05) is 25.5 Å². The van der Waals surface area contributed by atoms with Gasteiger partial charge in [-0.05, 0) is 61.5 Å². The summed E-state index contributed by atoms with van der Waals surface area (Å²) in [5.41, 5.74) is 1.38. The molecule has 1 unspecified atom stereocenters. The van der Waals surface area contributed by atoms with Gasteiger partial charge in [-0.2, -0.15) is 0 Å². The lowest BCUT2D eigenvalue weighted by Gasteiger charge is -2.23. The van der Waals surface area contributed by atoms with Crippen LogP contribution in [0.15, 0.2) is 48.5 Å². The Hall–Kier alpha value is -3.33. The van der Waals surface area contributed by atoms with Gasteiger partial charge < -0.3 is 15.0 Å². The zero-order chi connectivity index (χ0) is 23.3. The molecule has 0 radical (unpaired) electrons. The van der Waals surface area contributed by atoms with Crippen molar-refractivity contribution in [3.8, 4) is 0 Å². The molecule has 1 fully saturated rings. The fourth-order valence-corrected chi connectivity index (χ4v) is 3.77. The molecule has 168 valence electrons. The molecular weight excluding hydrogens is 433 g/mol. The SMILES string of the molecule is CCOC(=O)c1ccc(NC(=O)CC2C(=O)N(C)C(=S)N2CCc2ccccc2F)cc1. The summed E-state index contributed by atoms with van der Waals surface area (Å²) in [5.74, 6) is -1.42. The summed E-state index contributed by atoms with van der Waals surface area (Å²) in [5, 5.41) is 3.04. The predicted octanol–water partition coefficient (Wildman–Crippen LogP) is 3.00. The van der Waals surface area contributed by atoms with Crippen LogP contribution in [0.4, 0.5) is 10.1 Å². The summed E-state index contributed by atoms with van der Waals surface area (Å²) in [6.07, 6.45) is 0.238. The zero-order valence-corrected chi connectivity index (χ0v) is 18.7. The Morgan fingerprint density at radius 2 is 1.84 bits per heavy atom. The molecule has 2 amide bonds. The molecule has 7 nitrogen and oxygen atoms in total. The molecule has 0 bridgehead atoms. The molecule has 2 aromatic rings. The lowest BCUT2D eigenvalue weighted by Crippen LogP contribution is -2.39. The van der Waals surface area contributed by atoms with Gasteiger partial charge in [-0.1, -0.05) is 18.2 Å². The Kier molecular flexibility index (Phi) is 7.53. The number of benzene rings is 2. The Morgan fingerprint density at radius 1 is 1.16 bits per heavy atom. The lowest BCUT2D eigenvalue weighted by atomic mass is 10.1. The van der Waals surface area contributed by atoms with Gasteiger partial charge in [0.15, 0.2) is 5.11 Å². The molecule has 9 heteroatoms. The molecule has 1 atom stereocenters. The van der Waals surface area contributed by atoms with E-state index in [-0.39, 0.29) is 30.7 Å². The second-order valence-electron chi connectivity index (χ2n) is 7.28. The van der Waals surface area contributed by atoms with Gasteiger partial charge >= 0.3 is 5.97 Å². The second-order valence-corrected chi connectivity index (χ2v) is 7.65. The minimum absolute atomic E-state index is 0.111. The highest BCUT2D eigenvalue weighted by molar-refractivity contribution is 7.80. The smallest absolute Gasteiger partial charge is 0.338 e. The van der Waals surface area contributed by atoms with Crippen molar-refractivity contribution in [2.45, 2.75) is 25.8 Å². The molecule has 0 saturated carbocycles. The minimum atomic E-state index is -0.766. The normalized spacial score (nSPS) is 15.8. The first-order valence-corrected chi connectivity index (χ1v) is 10.6. The number of ether oxygens (including phenoxy) is 1. The fraction of sp³-hybridized carbons (Fsp3) is 0.304. The van der Waals surface area contributed by atoms with E-state index in [0.717, 1.165) is 0 Å². The summed E-state index contributed by atoms with van der Waals surface area (Å²) in [6.45, 7) is 2.30. The van der Waals surface area contributed by atoms with Gasteiger partial charge in [0.2, 0.25) is 5.91 Å². The molecule has 3 rings (SSSR count). The molecule has 2 aromatic carbocycles. The van der Waals surface area contributed by atoms with E-state index in [0.29, 0.717) is 34.9 Å². The van der Waals surface area contributed by atoms with E-state index in [2.05, 4.69) is 5.32 Å². The first-order valence-electron chi connectivity index (χ1n) is 10.2. The molecule has 1 N–H and O–H groups in total. The number of hydrogen-bond donors (Lipinski definition) is 1. The number of likely N-dealkylation sites (N-methyl/N-ethyl adjacent to an activating group) is 1. The van der Waals surface area contributed by atoms with Gasteiger partial charge in [0.1, 0.15) is 11.9 Å². The third-order valence-corrected chi connectivity index (χ3v) is 5.67. The van der Waals surface area contributed by atoms with Crippen LogP contribution in [0.5, 0.6) is 0 Å². The van der Waals surface area contributed by atoms with Crippen molar-refractivity contribution >= 4 is 40.8 Å². The van der Waals surface area contributed by atoms with Crippen molar-refractivity contribution < 1.29 is 23.5 Å². The van der Waals surface area contributed by atoms with Crippen molar-refractivity contribution in [3.05, 3.63) is 65.5 Å². The standard InChI is InChI=1S/C23H24FN3O4S/c1-3-31-22(30)16-8-10-17(11-9-16)25-20(28)14-19-21(29)26(2)23(32)27(19)13-12-15-6-4-5-7-18(15)24/h4-11,19H,3,12-14H2,1-2H3,(H,25,28). The summed E-state index contributed by atoms with van der Waals surface area (Å²) in [6, 6.07) is 11.9. The number of thiocarbonyl (C=S) groups is 1. The molecule has 1 aliphatic rings. The Balaban J connectivity index is 1.64. The minimum Gasteiger partial charge on any atom is -0.462 e. The number of rotatable bonds is 8. The highest BCUT2D eigenvalue weighted by Gasteiger charge is 2.41. The van der Waals surface area contributed by atoms with E-state index in [1.165, 1.54) is 11.0 Å². The topological polar surface area (TPSA) is 78.9 Å². The number of halogens is 1. The first kappa shape index (κ1) is 23.3. The molecule has 1 saturated heterocycles. The van der Waals surface area contributed by atoms with Gasteiger partial charge in [-0.3, -0.25) is 14.5 Å². The molecule has 0 spiro atoms. The van der Waals surface area contributed by atoms with Gasteiger partial charge in [-0.15, -0.1) is 0 Å². The van der Waals surface area contributed by atoms with E-state index >= 15 is 0 Å². The maximum absolute atomic E-state index is 14.0. The molecule has 1 heterocycles. The molecular formula is C23H24FN3O4S. The molecule has 32 heavy (non-hydrogen) atoms. The molecule has 0 aliphatic carbocycles. The van der Waals surface area contributed by atoms with E-state index in [1.54, 1.807) is 61.3 Å². The number of anilines is 1. The average molecular weight is 458 g/mol. The van der Waals surface area contributed by atoms with Gasteiger partial charge in [0.05, 0.1) is 18.6 Å². The van der Waals surface area contributed by atoms with Crippen molar-refractivity contribution in [1.29, 1.82) is 0 Å². The number of carbonyl (C=O) groups excluding carboxylic acids is 3. The van der Waals surface area contributed by atoms with Crippen LogP contribution in [0.2, 0.25) is 0 Å². The van der Waals surface area contributed by atoms with Crippen LogP contribution in [0.25, 0.3) is 0 Å². The van der Waals surface area contributed by atoms with Crippen LogP contribution < -0.4 is 5.32 Å². The van der Waals surface area contributed by atoms with Crippen LogP contribution in [0, 0.1) is 5.82 Å². The van der Waals surface area contributed by atoms with E-state index in [9.17, 15) is 18.8 Å². The van der Waals surface area contributed by atoms with Crippen molar-refractivity contribution in [2.24, 2.45) is 0 Å². The molecule has 1 aliphatic heterocycles. The Labute approximate surface area is 191 Å². The van der Waals surface area contributed by atoms with Crippen molar-refractivity contribution in [1.82, 2.24) is 9.80 Å². The maximum Gasteiger partial charge on any atom is 0.338 e. The Morgan fingerprint density at radius 3 is 2.50 bits per heavy atom. The van der Waals surface area contributed by atoms with Gasteiger partial charge in [0.25, 0.3) is 5.91 Å². The lowest BCUT2D eigenvalue weighted by molar-refractivity contribution is -0.130. The summed E-state index contributed by atoms with van der Waals surface area (Å²) in [7, 11) is 1.56. The average Bonchev–Trinajstić information content (AvgIpc) is 2.97. The quantitative estimate of drug-likeness (QED) is 0.485. The zero-order valence-electron chi connectivity index (χ0n) is 17.8. The van der Waals surface area contributed by atoms with Crippen LogP contribution in [-0.2, 0) is 20.7 Å². The Bertz CT molecular complexity index is 1030. The van der Waals surface area contributed by atoms with Crippen LogP contribution in [0.1, 0.15) is 29.3 Å². The van der Waals surface area contributed by atoms with E-state index in [1.807, 2.05) is 0 Å². The van der Waals surface area contributed by atoms with E-state index < -0.39 is 12.0 Å². The number of hydrogen-bond acceptors (Lipinski definition) is 5. The van der Waals surface area contributed by atoms with Gasteiger partial charge in [0, 0.05) is 19.3 Å². The third kappa shape index (κ3) is 5.28. The van der Waals surface area contributed by atoms with Crippen LogP contribution in [-0.4, -0.2) is 58.9 Å². The summed E-state index contributed by atoms with van der Waals surface area (Å²) < 4.78 is 18.9. The monoisotopic (exact) mass is 457 g/mol. The number of esters is 1. The van der Waals surface area contributed by atoms with Crippen LogP contribution in [0.3, 0.4) is 0 Å². The van der Waals surface area contributed by atoms with Gasteiger partial charge in [-0.25, -0.2) is 9.18 Å². The molecule has 0 aromatic heterocycles. The number of carbonyl (C=O) groups is 3. The number of nitrogens with zero attached hydrogens (tertiary/aromatic N) is 2. The maximum atomic E-state index is 14.0. The van der Waals surface area contributed by atoms with Crippen LogP contribution >= 0.6 is 12.2 Å². The first-order chi connectivity index (χ1) is 15.3. The highest BCUT2D eigenvalue weighted by atomic mass is 32.1. The number of amides is 2. The third-order valence-electron chi connectivity index (χ3n) is 5.16. The fourth-order valence-electron chi connectivity index (χ4n) is 3.46. The summed E-state index contributed by atoms with van der Waals surface area (Å²) in [4.78, 5) is 40.0. The summed E-state index contributed by atoms with van der Waals surface area (Å²) >= 11 is 5.37.